The van der Waals surface area contributed by atoms with Crippen LogP contribution in [0.25, 0.3) is 0 Å². The fraction of sp³-hybridized carbons (Fsp3) is 0.333. The Morgan fingerprint density at radius 3 is 2.75 bits per heavy atom. The van der Waals surface area contributed by atoms with Crippen molar-refractivity contribution in [1.29, 1.82) is 0 Å². The molecular weight excluding hydrogens is 292 g/mol. The molecule has 2 N–H and O–H groups in total. The zero-order valence-corrected chi connectivity index (χ0v) is 11.2. The molecule has 0 aromatic heterocycles. The standard InChI is InChI=1S/C12H13F2NO4S/c13-8-1-2-10(9(14)5-8)20-7-11(16)15-3-4-19-6-12(17)18/h1-2,5H,3-4,6-7H2,(H,15,16)(H,17,18). The number of rotatable bonds is 8. The molecule has 1 aromatic carbocycles. The van der Waals surface area contributed by atoms with Gasteiger partial charge in [-0.1, -0.05) is 0 Å². The number of nitrogens with one attached hydrogen (secondary N) is 1. The van der Waals surface area contributed by atoms with E-state index in [1.54, 1.807) is 0 Å². The number of carboxylic acid groups (broad SMARTS) is 1. The molecule has 5 nitrogen and oxygen atoms in total. The monoisotopic (exact) mass is 305 g/mol. The second-order valence-corrected chi connectivity index (χ2v) is 4.68. The summed E-state index contributed by atoms with van der Waals surface area (Å²) in [5.74, 6) is -2.85. The number of amides is 1. The Labute approximate surface area is 118 Å². The lowest BCUT2D eigenvalue weighted by molar-refractivity contribution is -0.142. The smallest absolute Gasteiger partial charge is 0.329 e. The van der Waals surface area contributed by atoms with Crippen molar-refractivity contribution in [3.63, 3.8) is 0 Å². The molecule has 1 amide bonds. The minimum atomic E-state index is -1.08. The quantitative estimate of drug-likeness (QED) is 0.559. The number of halogens is 2. The second-order valence-electron chi connectivity index (χ2n) is 3.66. The van der Waals surface area contributed by atoms with Gasteiger partial charge in [0.15, 0.2) is 0 Å². The SMILES string of the molecule is O=C(O)COCCNC(=O)CSc1ccc(F)cc1F. The number of ether oxygens (including phenoxy) is 1. The summed E-state index contributed by atoms with van der Waals surface area (Å²) in [7, 11) is 0. The van der Waals surface area contributed by atoms with Crippen molar-refractivity contribution < 1.29 is 28.2 Å². The van der Waals surface area contributed by atoms with Gasteiger partial charge in [0.25, 0.3) is 0 Å². The van der Waals surface area contributed by atoms with Gasteiger partial charge in [0.1, 0.15) is 18.2 Å². The number of thioether (sulfide) groups is 1. The topological polar surface area (TPSA) is 75.6 Å². The molecular formula is C12H13F2NO4S. The Balaban J connectivity index is 2.21. The van der Waals surface area contributed by atoms with Crippen LogP contribution in [0.5, 0.6) is 0 Å². The van der Waals surface area contributed by atoms with Gasteiger partial charge in [-0.05, 0) is 12.1 Å². The molecule has 0 atom stereocenters. The minimum Gasteiger partial charge on any atom is -0.480 e. The molecule has 0 unspecified atom stereocenters. The van der Waals surface area contributed by atoms with Crippen molar-refractivity contribution in [2.24, 2.45) is 0 Å². The molecule has 0 fully saturated rings. The first-order valence-electron chi connectivity index (χ1n) is 5.63. The molecule has 0 aliphatic rings. The Kier molecular flexibility index (Phi) is 6.96. The normalized spacial score (nSPS) is 10.3. The van der Waals surface area contributed by atoms with E-state index in [1.807, 2.05) is 0 Å². The van der Waals surface area contributed by atoms with Crippen LogP contribution in [0, 0.1) is 11.6 Å². The molecule has 0 heterocycles. The highest BCUT2D eigenvalue weighted by Gasteiger charge is 2.07. The summed E-state index contributed by atoms with van der Waals surface area (Å²) in [5.41, 5.74) is 0. The van der Waals surface area contributed by atoms with Crippen molar-refractivity contribution in [3.8, 4) is 0 Å². The molecule has 0 bridgehead atoms. The zero-order chi connectivity index (χ0) is 15.0. The van der Waals surface area contributed by atoms with Crippen LogP contribution < -0.4 is 5.32 Å². The van der Waals surface area contributed by atoms with E-state index >= 15 is 0 Å². The molecule has 0 aliphatic carbocycles. The summed E-state index contributed by atoms with van der Waals surface area (Å²) >= 11 is 0.944. The predicted molar refractivity (Wildman–Crippen MR) is 68.5 cm³/mol. The van der Waals surface area contributed by atoms with E-state index in [0.717, 1.165) is 23.9 Å². The van der Waals surface area contributed by atoms with E-state index in [2.05, 4.69) is 5.32 Å². The summed E-state index contributed by atoms with van der Waals surface area (Å²) < 4.78 is 30.6. The van der Waals surface area contributed by atoms with E-state index < -0.39 is 24.2 Å². The van der Waals surface area contributed by atoms with E-state index in [0.29, 0.717) is 0 Å². The summed E-state index contributed by atoms with van der Waals surface area (Å²) in [5, 5.41) is 10.8. The Bertz CT molecular complexity index is 485. The van der Waals surface area contributed by atoms with Gasteiger partial charge in [-0.3, -0.25) is 4.79 Å². The molecule has 8 heteroatoms. The van der Waals surface area contributed by atoms with E-state index in [1.165, 1.54) is 6.07 Å². The summed E-state index contributed by atoms with van der Waals surface area (Å²) in [6.45, 7) is -0.183. The summed E-state index contributed by atoms with van der Waals surface area (Å²) in [4.78, 5) is 21.7. The molecule has 0 saturated heterocycles. The summed E-state index contributed by atoms with van der Waals surface area (Å²) in [6, 6.07) is 3.13. The van der Waals surface area contributed by atoms with Gasteiger partial charge in [0.05, 0.1) is 12.4 Å². The third-order valence-corrected chi connectivity index (χ3v) is 3.10. The van der Waals surface area contributed by atoms with Gasteiger partial charge in [-0.25, -0.2) is 13.6 Å². The Morgan fingerprint density at radius 2 is 2.10 bits per heavy atom. The van der Waals surface area contributed by atoms with Gasteiger partial charge in [-0.2, -0.15) is 0 Å². The first-order valence-corrected chi connectivity index (χ1v) is 6.61. The average Bonchev–Trinajstić information content (AvgIpc) is 2.37. The highest BCUT2D eigenvalue weighted by atomic mass is 32.2. The minimum absolute atomic E-state index is 0.0263. The second kappa shape index (κ2) is 8.49. The molecule has 0 saturated carbocycles. The molecule has 0 aliphatic heterocycles. The van der Waals surface area contributed by atoms with Crippen LogP contribution in [-0.4, -0.2) is 42.5 Å². The van der Waals surface area contributed by atoms with Gasteiger partial charge < -0.3 is 15.2 Å². The fourth-order valence-corrected chi connectivity index (χ4v) is 1.96. The third kappa shape index (κ3) is 6.48. The molecule has 1 rings (SSSR count). The summed E-state index contributed by atoms with van der Waals surface area (Å²) in [6.07, 6.45) is 0. The average molecular weight is 305 g/mol. The Hall–Kier alpha value is -1.67. The first kappa shape index (κ1) is 16.4. The zero-order valence-electron chi connectivity index (χ0n) is 10.4. The van der Waals surface area contributed by atoms with Crippen molar-refractivity contribution in [2.45, 2.75) is 4.90 Å². The van der Waals surface area contributed by atoms with Crippen molar-refractivity contribution in [3.05, 3.63) is 29.8 Å². The Morgan fingerprint density at radius 1 is 1.35 bits per heavy atom. The van der Waals surface area contributed by atoms with Crippen LogP contribution in [0.15, 0.2) is 23.1 Å². The maximum atomic E-state index is 13.3. The van der Waals surface area contributed by atoms with Crippen LogP contribution in [0.1, 0.15) is 0 Å². The van der Waals surface area contributed by atoms with Crippen molar-refractivity contribution in [1.82, 2.24) is 5.32 Å². The van der Waals surface area contributed by atoms with Gasteiger partial charge in [0, 0.05) is 17.5 Å². The maximum Gasteiger partial charge on any atom is 0.329 e. The first-order chi connectivity index (χ1) is 9.49. The molecule has 0 radical (unpaired) electrons. The number of hydrogen-bond donors (Lipinski definition) is 2. The number of aliphatic carboxylic acids is 1. The van der Waals surface area contributed by atoms with Crippen molar-refractivity contribution in [2.75, 3.05) is 25.5 Å². The number of carboxylic acids is 1. The molecule has 110 valence electrons. The third-order valence-electron chi connectivity index (χ3n) is 2.05. The van der Waals surface area contributed by atoms with Crippen LogP contribution >= 0.6 is 11.8 Å². The lowest BCUT2D eigenvalue weighted by Gasteiger charge is -2.06. The van der Waals surface area contributed by atoms with Crippen LogP contribution in [0.4, 0.5) is 8.78 Å². The molecule has 20 heavy (non-hydrogen) atoms. The van der Waals surface area contributed by atoms with Crippen LogP contribution in [0.3, 0.4) is 0 Å². The highest BCUT2D eigenvalue weighted by molar-refractivity contribution is 8.00. The van der Waals surface area contributed by atoms with Crippen LogP contribution in [-0.2, 0) is 14.3 Å². The predicted octanol–water partition coefficient (Wildman–Crippen LogP) is 1.27. The number of carbonyl (C=O) groups is 2. The number of carbonyl (C=O) groups excluding carboxylic acids is 1. The van der Waals surface area contributed by atoms with E-state index in [-0.39, 0.29) is 29.7 Å². The fourth-order valence-electron chi connectivity index (χ4n) is 1.21. The molecule has 0 spiro atoms. The van der Waals surface area contributed by atoms with E-state index in [4.69, 9.17) is 9.84 Å². The van der Waals surface area contributed by atoms with Gasteiger partial charge >= 0.3 is 5.97 Å². The van der Waals surface area contributed by atoms with E-state index in [9.17, 15) is 18.4 Å². The van der Waals surface area contributed by atoms with Crippen molar-refractivity contribution >= 4 is 23.6 Å². The largest absolute Gasteiger partial charge is 0.480 e. The van der Waals surface area contributed by atoms with Gasteiger partial charge in [-0.15, -0.1) is 11.8 Å². The lowest BCUT2D eigenvalue weighted by Crippen LogP contribution is -2.29. The van der Waals surface area contributed by atoms with Crippen LogP contribution in [0.2, 0.25) is 0 Å². The van der Waals surface area contributed by atoms with Gasteiger partial charge in [0.2, 0.25) is 5.91 Å². The maximum absolute atomic E-state index is 13.3. The highest BCUT2D eigenvalue weighted by Crippen LogP contribution is 2.21. The molecule has 1 aromatic rings. The lowest BCUT2D eigenvalue weighted by atomic mass is 10.3. The number of benzene rings is 1. The number of hydrogen-bond acceptors (Lipinski definition) is 4.